The zero-order valence-corrected chi connectivity index (χ0v) is 10.2. The largest absolute Gasteiger partial charge is 0.382 e. The van der Waals surface area contributed by atoms with Crippen LogP contribution in [0.5, 0.6) is 0 Å². The fourth-order valence-electron chi connectivity index (χ4n) is 1.53. The standard InChI is InChI=1S/C9H14N5OP/c1-6(15-5-16)2-14-4-13-7-8(10)11-3-12-9(7)14/h3-4,6H,2,5,16H2,1H3,(H2,10,11,12). The molecule has 2 heterocycles. The minimum absolute atomic E-state index is 0.103. The topological polar surface area (TPSA) is 78.9 Å². The highest BCUT2D eigenvalue weighted by atomic mass is 31.0. The smallest absolute Gasteiger partial charge is 0.165 e. The third kappa shape index (κ3) is 2.13. The summed E-state index contributed by atoms with van der Waals surface area (Å²) >= 11 is 0. The van der Waals surface area contributed by atoms with Gasteiger partial charge in [-0.05, 0) is 6.92 Å². The number of nitrogen functional groups attached to an aromatic ring is 1. The maximum absolute atomic E-state index is 5.70. The van der Waals surface area contributed by atoms with Crippen LogP contribution in [0.1, 0.15) is 6.92 Å². The Bertz CT molecular complexity index is 486. The van der Waals surface area contributed by atoms with Crippen molar-refractivity contribution in [3.05, 3.63) is 12.7 Å². The van der Waals surface area contributed by atoms with Crippen molar-refractivity contribution in [2.45, 2.75) is 19.6 Å². The average molecular weight is 239 g/mol. The lowest BCUT2D eigenvalue weighted by Gasteiger charge is -2.12. The highest BCUT2D eigenvalue weighted by Crippen LogP contribution is 2.14. The molecule has 0 amide bonds. The van der Waals surface area contributed by atoms with Gasteiger partial charge < -0.3 is 15.0 Å². The third-order valence-corrected chi connectivity index (χ3v) is 2.46. The molecule has 0 saturated heterocycles. The lowest BCUT2D eigenvalue weighted by molar-refractivity contribution is 0.0912. The summed E-state index contributed by atoms with van der Waals surface area (Å²) < 4.78 is 7.35. The summed E-state index contributed by atoms with van der Waals surface area (Å²) in [6, 6.07) is 0. The Morgan fingerprint density at radius 3 is 3.06 bits per heavy atom. The molecule has 0 bridgehead atoms. The predicted octanol–water partition coefficient (Wildman–Crippen LogP) is 0.646. The van der Waals surface area contributed by atoms with E-state index in [1.54, 1.807) is 6.33 Å². The number of hydrogen-bond donors (Lipinski definition) is 1. The van der Waals surface area contributed by atoms with Gasteiger partial charge in [0.05, 0.1) is 25.3 Å². The quantitative estimate of drug-likeness (QED) is 0.792. The molecule has 0 aliphatic carbocycles. The van der Waals surface area contributed by atoms with Gasteiger partial charge in [-0.25, -0.2) is 15.0 Å². The van der Waals surface area contributed by atoms with Crippen molar-refractivity contribution in [3.8, 4) is 0 Å². The number of anilines is 1. The van der Waals surface area contributed by atoms with Gasteiger partial charge in [0, 0.05) is 0 Å². The van der Waals surface area contributed by atoms with E-state index in [4.69, 9.17) is 10.5 Å². The van der Waals surface area contributed by atoms with E-state index < -0.39 is 0 Å². The Balaban J connectivity index is 2.28. The minimum atomic E-state index is 0.103. The van der Waals surface area contributed by atoms with Crippen molar-refractivity contribution in [1.29, 1.82) is 0 Å². The second kappa shape index (κ2) is 4.72. The van der Waals surface area contributed by atoms with Gasteiger partial charge in [-0.15, -0.1) is 9.24 Å². The van der Waals surface area contributed by atoms with E-state index in [9.17, 15) is 0 Å². The summed E-state index contributed by atoms with van der Waals surface area (Å²) in [5.74, 6) is 0.406. The van der Waals surface area contributed by atoms with E-state index in [0.717, 1.165) is 5.65 Å². The molecule has 0 radical (unpaired) electrons. The molecule has 86 valence electrons. The molecule has 0 aliphatic heterocycles. The molecular weight excluding hydrogens is 225 g/mol. The molecule has 2 aromatic heterocycles. The first kappa shape index (κ1) is 11.2. The van der Waals surface area contributed by atoms with Crippen LogP contribution in [-0.4, -0.2) is 32.0 Å². The van der Waals surface area contributed by atoms with Crippen molar-refractivity contribution in [1.82, 2.24) is 19.5 Å². The molecule has 2 N–H and O–H groups in total. The highest BCUT2D eigenvalue weighted by Gasteiger charge is 2.10. The Morgan fingerprint density at radius 1 is 1.50 bits per heavy atom. The van der Waals surface area contributed by atoms with E-state index >= 15 is 0 Å². The second-order valence-corrected chi connectivity index (χ2v) is 3.81. The lowest BCUT2D eigenvalue weighted by Crippen LogP contribution is -2.15. The zero-order chi connectivity index (χ0) is 11.5. The molecule has 0 fully saturated rings. The van der Waals surface area contributed by atoms with Crippen LogP contribution in [0.4, 0.5) is 5.82 Å². The van der Waals surface area contributed by atoms with Gasteiger partial charge in [-0.1, -0.05) is 0 Å². The van der Waals surface area contributed by atoms with Gasteiger partial charge in [0.1, 0.15) is 11.8 Å². The van der Waals surface area contributed by atoms with Crippen molar-refractivity contribution in [3.63, 3.8) is 0 Å². The van der Waals surface area contributed by atoms with Crippen molar-refractivity contribution < 1.29 is 4.74 Å². The molecule has 2 aromatic rings. The normalized spacial score (nSPS) is 13.1. The summed E-state index contributed by atoms with van der Waals surface area (Å²) in [4.78, 5) is 12.2. The number of aromatic nitrogens is 4. The average Bonchev–Trinajstić information content (AvgIpc) is 2.64. The molecule has 0 spiro atoms. The van der Waals surface area contributed by atoms with Crippen LogP contribution in [0.2, 0.25) is 0 Å². The molecule has 6 nitrogen and oxygen atoms in total. The molecule has 2 atom stereocenters. The van der Waals surface area contributed by atoms with Crippen molar-refractivity contribution in [2.24, 2.45) is 0 Å². The van der Waals surface area contributed by atoms with Crippen LogP contribution in [0.3, 0.4) is 0 Å². The van der Waals surface area contributed by atoms with Gasteiger partial charge >= 0.3 is 0 Å². The number of nitrogens with zero attached hydrogens (tertiary/aromatic N) is 4. The first-order chi connectivity index (χ1) is 7.72. The van der Waals surface area contributed by atoms with Crippen LogP contribution >= 0.6 is 9.24 Å². The Labute approximate surface area is 95.4 Å². The SMILES string of the molecule is CC(Cn1cnc2c(N)ncnc21)OCP. The summed E-state index contributed by atoms with van der Waals surface area (Å²) in [6.45, 7) is 2.70. The predicted molar refractivity (Wildman–Crippen MR) is 64.9 cm³/mol. The van der Waals surface area contributed by atoms with Crippen LogP contribution < -0.4 is 5.73 Å². The first-order valence-corrected chi connectivity index (χ1v) is 5.77. The van der Waals surface area contributed by atoms with E-state index in [-0.39, 0.29) is 6.10 Å². The van der Waals surface area contributed by atoms with Crippen LogP contribution in [-0.2, 0) is 11.3 Å². The van der Waals surface area contributed by atoms with Crippen molar-refractivity contribution >= 4 is 26.2 Å². The van der Waals surface area contributed by atoms with Gasteiger partial charge in [0.25, 0.3) is 0 Å². The van der Waals surface area contributed by atoms with E-state index in [0.29, 0.717) is 24.2 Å². The monoisotopic (exact) mass is 239 g/mol. The first-order valence-electron chi connectivity index (χ1n) is 4.95. The van der Waals surface area contributed by atoms with E-state index in [2.05, 4.69) is 24.2 Å². The van der Waals surface area contributed by atoms with E-state index in [1.807, 2.05) is 11.5 Å². The van der Waals surface area contributed by atoms with Gasteiger partial charge in [0.15, 0.2) is 11.5 Å². The molecule has 0 aromatic carbocycles. The Kier molecular flexibility index (Phi) is 3.31. The van der Waals surface area contributed by atoms with Crippen LogP contribution in [0.25, 0.3) is 11.2 Å². The number of nitrogens with two attached hydrogens (primary N) is 1. The summed E-state index contributed by atoms with van der Waals surface area (Å²) in [7, 11) is 2.53. The molecule has 2 unspecified atom stereocenters. The number of ether oxygens (including phenoxy) is 1. The van der Waals surface area contributed by atoms with Gasteiger partial charge in [-0.3, -0.25) is 0 Å². The summed E-state index contributed by atoms with van der Waals surface area (Å²) in [6.07, 6.45) is 3.87. The van der Waals surface area contributed by atoms with Crippen LogP contribution in [0.15, 0.2) is 12.7 Å². The molecule has 16 heavy (non-hydrogen) atoms. The fourth-order valence-corrected chi connectivity index (χ4v) is 1.85. The molecule has 0 saturated carbocycles. The third-order valence-electron chi connectivity index (χ3n) is 2.26. The maximum atomic E-state index is 5.70. The Morgan fingerprint density at radius 2 is 2.31 bits per heavy atom. The van der Waals surface area contributed by atoms with Gasteiger partial charge in [0.2, 0.25) is 0 Å². The maximum Gasteiger partial charge on any atom is 0.165 e. The number of imidazole rings is 1. The zero-order valence-electron chi connectivity index (χ0n) is 9.00. The number of rotatable bonds is 4. The molecule has 7 heteroatoms. The Hall–Kier alpha value is -1.26. The summed E-state index contributed by atoms with van der Waals surface area (Å²) in [5.41, 5.74) is 7.08. The number of hydrogen-bond acceptors (Lipinski definition) is 5. The minimum Gasteiger partial charge on any atom is -0.382 e. The summed E-state index contributed by atoms with van der Waals surface area (Å²) in [5, 5.41) is 0. The van der Waals surface area contributed by atoms with Crippen LogP contribution in [0, 0.1) is 0 Å². The van der Waals surface area contributed by atoms with Gasteiger partial charge in [-0.2, -0.15) is 0 Å². The van der Waals surface area contributed by atoms with Crippen molar-refractivity contribution in [2.75, 3.05) is 12.1 Å². The molecule has 2 rings (SSSR count). The highest BCUT2D eigenvalue weighted by molar-refractivity contribution is 7.16. The second-order valence-electron chi connectivity index (χ2n) is 3.47. The molecule has 0 aliphatic rings. The molecular formula is C9H14N5OP. The fraction of sp³-hybridized carbons (Fsp3) is 0.444. The number of fused-ring (bicyclic) bond motifs is 1. The lowest BCUT2D eigenvalue weighted by atomic mass is 10.4. The van der Waals surface area contributed by atoms with E-state index in [1.165, 1.54) is 6.33 Å².